The Bertz CT molecular complexity index is 1230. The standard InChI is InChI=1S/C27H27N3O2/c31-26(29-16-8-10-18-9-4-7-15-23(18)29)24-20-13-5-6-14-22(20)28-25-21(24)17-30(27(25)32)19-11-2-1-3-12-19/h4-7,9,13-15,19H,1-3,8,10-12,16-17H2. The van der Waals surface area contributed by atoms with E-state index in [2.05, 4.69) is 6.07 Å². The van der Waals surface area contributed by atoms with E-state index < -0.39 is 0 Å². The molecule has 0 spiro atoms. The van der Waals surface area contributed by atoms with E-state index in [1.165, 1.54) is 12.0 Å². The van der Waals surface area contributed by atoms with E-state index >= 15 is 0 Å². The van der Waals surface area contributed by atoms with E-state index in [-0.39, 0.29) is 17.9 Å². The Hall–Kier alpha value is -3.21. The highest BCUT2D eigenvalue weighted by atomic mass is 16.2. The molecule has 6 rings (SSSR count). The van der Waals surface area contributed by atoms with Crippen molar-refractivity contribution in [2.75, 3.05) is 11.4 Å². The Labute approximate surface area is 188 Å². The summed E-state index contributed by atoms with van der Waals surface area (Å²) in [5, 5.41) is 0.845. The highest BCUT2D eigenvalue weighted by molar-refractivity contribution is 6.17. The van der Waals surface area contributed by atoms with Crippen LogP contribution in [0.4, 0.5) is 5.69 Å². The van der Waals surface area contributed by atoms with Crippen LogP contribution >= 0.6 is 0 Å². The predicted octanol–water partition coefficient (Wildman–Crippen LogP) is 5.12. The molecular weight excluding hydrogens is 398 g/mol. The number of aromatic nitrogens is 1. The zero-order chi connectivity index (χ0) is 21.7. The van der Waals surface area contributed by atoms with E-state index in [0.29, 0.717) is 24.3 Å². The van der Waals surface area contributed by atoms with Crippen LogP contribution in [0.25, 0.3) is 10.9 Å². The van der Waals surface area contributed by atoms with Gasteiger partial charge in [-0.1, -0.05) is 55.7 Å². The quantitative estimate of drug-likeness (QED) is 0.573. The lowest BCUT2D eigenvalue weighted by molar-refractivity contribution is 0.0655. The van der Waals surface area contributed by atoms with Crippen molar-refractivity contribution in [3.05, 3.63) is 70.9 Å². The third-order valence-corrected chi connectivity index (χ3v) is 7.37. The second-order valence-corrected chi connectivity index (χ2v) is 9.25. The van der Waals surface area contributed by atoms with Crippen LogP contribution in [-0.2, 0) is 13.0 Å². The van der Waals surface area contributed by atoms with Crippen molar-refractivity contribution in [3.63, 3.8) is 0 Å². The number of amides is 2. The third-order valence-electron chi connectivity index (χ3n) is 7.37. The van der Waals surface area contributed by atoms with Crippen LogP contribution in [0.5, 0.6) is 0 Å². The highest BCUT2D eigenvalue weighted by Gasteiger charge is 2.39. The van der Waals surface area contributed by atoms with Crippen molar-refractivity contribution in [3.8, 4) is 0 Å². The van der Waals surface area contributed by atoms with Crippen molar-refractivity contribution < 1.29 is 9.59 Å². The van der Waals surface area contributed by atoms with E-state index in [1.807, 2.05) is 52.3 Å². The molecule has 2 aliphatic heterocycles. The van der Waals surface area contributed by atoms with Gasteiger partial charge in [0.05, 0.1) is 11.1 Å². The Kier molecular flexibility index (Phi) is 4.71. The van der Waals surface area contributed by atoms with Crippen molar-refractivity contribution in [2.45, 2.75) is 57.5 Å². The van der Waals surface area contributed by atoms with Crippen LogP contribution in [0.3, 0.4) is 0 Å². The van der Waals surface area contributed by atoms with Crippen molar-refractivity contribution >= 4 is 28.4 Å². The summed E-state index contributed by atoms with van der Waals surface area (Å²) >= 11 is 0. The van der Waals surface area contributed by atoms with Crippen LogP contribution in [0, 0.1) is 0 Å². The lowest BCUT2D eigenvalue weighted by Gasteiger charge is -2.31. The summed E-state index contributed by atoms with van der Waals surface area (Å²) in [6.07, 6.45) is 7.59. The second-order valence-electron chi connectivity index (χ2n) is 9.25. The maximum absolute atomic E-state index is 14.1. The fourth-order valence-electron chi connectivity index (χ4n) is 5.77. The fourth-order valence-corrected chi connectivity index (χ4v) is 5.77. The van der Waals surface area contributed by atoms with Crippen molar-refractivity contribution in [2.24, 2.45) is 0 Å². The molecular formula is C27H27N3O2. The van der Waals surface area contributed by atoms with E-state index in [4.69, 9.17) is 4.98 Å². The van der Waals surface area contributed by atoms with Gasteiger partial charge in [0, 0.05) is 35.8 Å². The lowest BCUT2D eigenvalue weighted by Crippen LogP contribution is -2.37. The van der Waals surface area contributed by atoms with Gasteiger partial charge >= 0.3 is 0 Å². The topological polar surface area (TPSA) is 53.5 Å². The number of anilines is 1. The van der Waals surface area contributed by atoms with Crippen LogP contribution in [0.15, 0.2) is 48.5 Å². The number of aryl methyl sites for hydroxylation is 1. The molecule has 2 amide bonds. The van der Waals surface area contributed by atoms with Crippen LogP contribution in [0.1, 0.15) is 70.5 Å². The fraction of sp³-hybridized carbons (Fsp3) is 0.370. The van der Waals surface area contributed by atoms with Crippen molar-refractivity contribution in [1.29, 1.82) is 0 Å². The minimum Gasteiger partial charge on any atom is -0.330 e. The van der Waals surface area contributed by atoms with Gasteiger partial charge in [-0.05, 0) is 43.4 Å². The Balaban J connectivity index is 1.48. The molecule has 1 aromatic heterocycles. The van der Waals surface area contributed by atoms with Gasteiger partial charge in [0.25, 0.3) is 11.8 Å². The molecule has 0 N–H and O–H groups in total. The number of hydrogen-bond donors (Lipinski definition) is 0. The Morgan fingerprint density at radius 2 is 1.72 bits per heavy atom. The molecule has 3 aromatic rings. The van der Waals surface area contributed by atoms with Gasteiger partial charge in [-0.3, -0.25) is 9.59 Å². The van der Waals surface area contributed by atoms with Crippen LogP contribution in [0.2, 0.25) is 0 Å². The normalized spacial score (nSPS) is 18.7. The Morgan fingerprint density at radius 1 is 0.938 bits per heavy atom. The summed E-state index contributed by atoms with van der Waals surface area (Å²) in [4.78, 5) is 36.2. The Morgan fingerprint density at radius 3 is 2.59 bits per heavy atom. The summed E-state index contributed by atoms with van der Waals surface area (Å²) in [5.41, 5.74) is 4.87. The number of para-hydroxylation sites is 2. The number of carbonyl (C=O) groups is 2. The first kappa shape index (κ1) is 19.5. The molecule has 5 nitrogen and oxygen atoms in total. The summed E-state index contributed by atoms with van der Waals surface area (Å²) in [6, 6.07) is 16.2. The predicted molar refractivity (Wildman–Crippen MR) is 125 cm³/mol. The second kappa shape index (κ2) is 7.73. The zero-order valence-corrected chi connectivity index (χ0v) is 18.2. The van der Waals surface area contributed by atoms with Crippen molar-refractivity contribution in [1.82, 2.24) is 9.88 Å². The lowest BCUT2D eigenvalue weighted by atomic mass is 9.94. The number of fused-ring (bicyclic) bond motifs is 3. The molecule has 3 heterocycles. The van der Waals surface area contributed by atoms with Gasteiger partial charge < -0.3 is 9.80 Å². The molecule has 1 fully saturated rings. The van der Waals surface area contributed by atoms with Crippen LogP contribution < -0.4 is 4.90 Å². The number of rotatable bonds is 2. The maximum Gasteiger partial charge on any atom is 0.273 e. The average molecular weight is 426 g/mol. The number of pyridine rings is 1. The molecule has 2 aromatic carbocycles. The molecule has 0 unspecified atom stereocenters. The molecule has 1 aliphatic carbocycles. The van der Waals surface area contributed by atoms with E-state index in [1.54, 1.807) is 0 Å². The monoisotopic (exact) mass is 425 g/mol. The van der Waals surface area contributed by atoms with Gasteiger partial charge in [-0.15, -0.1) is 0 Å². The molecule has 0 saturated heterocycles. The number of carbonyl (C=O) groups excluding carboxylic acids is 2. The van der Waals surface area contributed by atoms with E-state index in [9.17, 15) is 9.59 Å². The largest absolute Gasteiger partial charge is 0.330 e. The van der Waals surface area contributed by atoms with E-state index in [0.717, 1.165) is 60.7 Å². The van der Waals surface area contributed by atoms with Crippen LogP contribution in [-0.4, -0.2) is 34.3 Å². The van der Waals surface area contributed by atoms with Gasteiger partial charge in [0.2, 0.25) is 0 Å². The molecule has 32 heavy (non-hydrogen) atoms. The SMILES string of the molecule is O=C(c1c2c(nc3ccccc13)C(=O)N(C1CCCCC1)C2)N1CCCc2ccccc21. The highest BCUT2D eigenvalue weighted by Crippen LogP contribution is 2.37. The number of hydrogen-bond acceptors (Lipinski definition) is 3. The third kappa shape index (κ3) is 3.02. The summed E-state index contributed by atoms with van der Waals surface area (Å²) in [5.74, 6) is -0.0176. The first-order valence-corrected chi connectivity index (χ1v) is 11.8. The minimum absolute atomic E-state index is 0.00857. The average Bonchev–Trinajstić information content (AvgIpc) is 3.18. The first-order valence-electron chi connectivity index (χ1n) is 11.8. The van der Waals surface area contributed by atoms with Gasteiger partial charge in [-0.2, -0.15) is 0 Å². The molecule has 0 radical (unpaired) electrons. The maximum atomic E-state index is 14.1. The molecule has 1 saturated carbocycles. The molecule has 3 aliphatic rings. The minimum atomic E-state index is -0.00899. The molecule has 5 heteroatoms. The summed E-state index contributed by atoms with van der Waals surface area (Å²) in [6.45, 7) is 1.19. The van der Waals surface area contributed by atoms with Gasteiger partial charge in [0.1, 0.15) is 5.69 Å². The van der Waals surface area contributed by atoms with Gasteiger partial charge in [0.15, 0.2) is 0 Å². The number of nitrogens with zero attached hydrogens (tertiary/aromatic N) is 3. The molecule has 0 bridgehead atoms. The summed E-state index contributed by atoms with van der Waals surface area (Å²) < 4.78 is 0. The number of benzene rings is 2. The molecule has 162 valence electrons. The zero-order valence-electron chi connectivity index (χ0n) is 18.2. The van der Waals surface area contributed by atoms with Gasteiger partial charge in [-0.25, -0.2) is 4.98 Å². The summed E-state index contributed by atoms with van der Waals surface area (Å²) in [7, 11) is 0. The first-order chi connectivity index (χ1) is 15.7. The smallest absolute Gasteiger partial charge is 0.273 e. The molecule has 0 atom stereocenters.